The third-order valence-electron chi connectivity index (χ3n) is 2.68. The normalized spacial score (nSPS) is 16.4. The summed E-state index contributed by atoms with van der Waals surface area (Å²) < 4.78 is 5.16. The summed E-state index contributed by atoms with van der Waals surface area (Å²) in [6.07, 6.45) is 3.75. The highest BCUT2D eigenvalue weighted by Crippen LogP contribution is 2.24. The molecule has 1 saturated carbocycles. The molecule has 1 rings (SSSR count). The molecule has 0 radical (unpaired) electrons. The van der Waals surface area contributed by atoms with E-state index in [1.165, 1.54) is 0 Å². The first-order chi connectivity index (χ1) is 7.50. The SMILES string of the molecule is CC(C)OC(=O)N(CC(=N)N)C1CCCC1. The summed E-state index contributed by atoms with van der Waals surface area (Å²) in [6.45, 7) is 3.81. The molecule has 0 bridgehead atoms. The molecule has 0 unspecified atom stereocenters. The zero-order chi connectivity index (χ0) is 12.1. The fourth-order valence-electron chi connectivity index (χ4n) is 2.01. The Morgan fingerprint density at radius 2 is 2.06 bits per heavy atom. The summed E-state index contributed by atoms with van der Waals surface area (Å²) in [5.74, 6) is 0.00704. The standard InChI is InChI=1S/C11H21N3O2/c1-8(2)16-11(15)14(7-10(12)13)9-5-3-4-6-9/h8-9H,3-7H2,1-2H3,(H3,12,13). The largest absolute Gasteiger partial charge is 0.447 e. The van der Waals surface area contributed by atoms with Crippen molar-refractivity contribution >= 4 is 11.9 Å². The maximum absolute atomic E-state index is 11.8. The van der Waals surface area contributed by atoms with Crippen molar-refractivity contribution in [1.82, 2.24) is 4.90 Å². The number of nitrogens with zero attached hydrogens (tertiary/aromatic N) is 1. The molecular weight excluding hydrogens is 206 g/mol. The summed E-state index contributed by atoms with van der Waals surface area (Å²) >= 11 is 0. The molecule has 0 aromatic carbocycles. The zero-order valence-corrected chi connectivity index (χ0v) is 10.0. The molecule has 5 nitrogen and oxygen atoms in total. The molecule has 0 aromatic heterocycles. The van der Waals surface area contributed by atoms with E-state index in [-0.39, 0.29) is 30.6 Å². The molecule has 92 valence electrons. The quantitative estimate of drug-likeness (QED) is 0.567. The van der Waals surface area contributed by atoms with Gasteiger partial charge in [0.25, 0.3) is 0 Å². The average Bonchev–Trinajstić information content (AvgIpc) is 2.64. The maximum Gasteiger partial charge on any atom is 0.410 e. The van der Waals surface area contributed by atoms with Crippen molar-refractivity contribution in [2.75, 3.05) is 6.54 Å². The van der Waals surface area contributed by atoms with Gasteiger partial charge in [-0.25, -0.2) is 4.79 Å². The molecule has 1 amide bonds. The molecule has 1 aliphatic rings. The minimum absolute atomic E-state index is 0.00704. The fourth-order valence-corrected chi connectivity index (χ4v) is 2.01. The fraction of sp³-hybridized carbons (Fsp3) is 0.818. The third-order valence-corrected chi connectivity index (χ3v) is 2.68. The van der Waals surface area contributed by atoms with Crippen LogP contribution in [0.3, 0.4) is 0 Å². The molecule has 0 aromatic rings. The molecule has 1 aliphatic carbocycles. The summed E-state index contributed by atoms with van der Waals surface area (Å²) in [5.41, 5.74) is 5.36. The molecule has 3 N–H and O–H groups in total. The highest BCUT2D eigenvalue weighted by molar-refractivity contribution is 5.83. The lowest BCUT2D eigenvalue weighted by Gasteiger charge is -2.28. The molecular formula is C11H21N3O2. The van der Waals surface area contributed by atoms with E-state index < -0.39 is 0 Å². The Bertz CT molecular complexity index is 260. The van der Waals surface area contributed by atoms with Crippen molar-refractivity contribution in [2.45, 2.75) is 51.7 Å². The van der Waals surface area contributed by atoms with Crippen LogP contribution in [-0.2, 0) is 4.74 Å². The highest BCUT2D eigenvalue weighted by atomic mass is 16.6. The third kappa shape index (κ3) is 3.72. The van der Waals surface area contributed by atoms with Crippen molar-refractivity contribution in [1.29, 1.82) is 5.41 Å². The first-order valence-corrected chi connectivity index (χ1v) is 5.81. The molecule has 0 saturated heterocycles. The predicted molar refractivity (Wildman–Crippen MR) is 62.5 cm³/mol. The van der Waals surface area contributed by atoms with Gasteiger partial charge in [-0.2, -0.15) is 0 Å². The van der Waals surface area contributed by atoms with Gasteiger partial charge < -0.3 is 10.5 Å². The summed E-state index contributed by atoms with van der Waals surface area (Å²) in [5, 5.41) is 7.29. The minimum atomic E-state index is -0.350. The number of hydrogen-bond donors (Lipinski definition) is 2. The van der Waals surface area contributed by atoms with E-state index in [2.05, 4.69) is 0 Å². The Morgan fingerprint density at radius 3 is 2.50 bits per heavy atom. The van der Waals surface area contributed by atoms with Crippen LogP contribution in [-0.4, -0.2) is 35.5 Å². The number of carbonyl (C=O) groups is 1. The molecule has 0 spiro atoms. The molecule has 0 heterocycles. The van der Waals surface area contributed by atoms with Crippen molar-refractivity contribution in [2.24, 2.45) is 5.73 Å². The van der Waals surface area contributed by atoms with Crippen molar-refractivity contribution < 1.29 is 9.53 Å². The van der Waals surface area contributed by atoms with Gasteiger partial charge in [0.15, 0.2) is 0 Å². The van der Waals surface area contributed by atoms with E-state index in [1.807, 2.05) is 13.8 Å². The summed E-state index contributed by atoms with van der Waals surface area (Å²) in [4.78, 5) is 13.4. The molecule has 0 atom stereocenters. The van der Waals surface area contributed by atoms with E-state index in [9.17, 15) is 4.79 Å². The molecule has 0 aliphatic heterocycles. The Labute approximate surface area is 96.4 Å². The number of amidine groups is 1. The lowest BCUT2D eigenvalue weighted by molar-refractivity contribution is 0.0692. The van der Waals surface area contributed by atoms with Gasteiger partial charge in [0.05, 0.1) is 12.6 Å². The Hall–Kier alpha value is -1.26. The van der Waals surface area contributed by atoms with Crippen molar-refractivity contribution in [3.63, 3.8) is 0 Å². The lowest BCUT2D eigenvalue weighted by Crippen LogP contribution is -2.44. The van der Waals surface area contributed by atoms with Gasteiger partial charge in [0.2, 0.25) is 0 Å². The second kappa shape index (κ2) is 5.72. The van der Waals surface area contributed by atoms with E-state index in [4.69, 9.17) is 15.9 Å². The number of carbonyl (C=O) groups excluding carboxylic acids is 1. The number of ether oxygens (including phenoxy) is 1. The van der Waals surface area contributed by atoms with Crippen LogP contribution in [0.2, 0.25) is 0 Å². The highest BCUT2D eigenvalue weighted by Gasteiger charge is 2.28. The summed E-state index contributed by atoms with van der Waals surface area (Å²) in [7, 11) is 0. The number of nitrogens with one attached hydrogen (secondary N) is 1. The minimum Gasteiger partial charge on any atom is -0.447 e. The van der Waals surface area contributed by atoms with Gasteiger partial charge >= 0.3 is 6.09 Å². The van der Waals surface area contributed by atoms with E-state index >= 15 is 0 Å². The second-order valence-corrected chi connectivity index (χ2v) is 4.52. The van der Waals surface area contributed by atoms with Crippen molar-refractivity contribution in [3.05, 3.63) is 0 Å². The van der Waals surface area contributed by atoms with E-state index in [0.29, 0.717) is 0 Å². The Morgan fingerprint density at radius 1 is 1.50 bits per heavy atom. The monoisotopic (exact) mass is 227 g/mol. The zero-order valence-electron chi connectivity index (χ0n) is 10.0. The number of nitrogens with two attached hydrogens (primary N) is 1. The Kier molecular flexibility index (Phi) is 4.58. The number of rotatable bonds is 4. The second-order valence-electron chi connectivity index (χ2n) is 4.52. The van der Waals surface area contributed by atoms with E-state index in [1.54, 1.807) is 4.90 Å². The first-order valence-electron chi connectivity index (χ1n) is 5.81. The van der Waals surface area contributed by atoms with Gasteiger partial charge in [-0.05, 0) is 26.7 Å². The van der Waals surface area contributed by atoms with E-state index in [0.717, 1.165) is 25.7 Å². The van der Waals surface area contributed by atoms with Crippen molar-refractivity contribution in [3.8, 4) is 0 Å². The van der Waals surface area contributed by atoms with Gasteiger partial charge in [-0.1, -0.05) is 12.8 Å². The van der Waals surface area contributed by atoms with Crippen LogP contribution in [0.5, 0.6) is 0 Å². The smallest absolute Gasteiger partial charge is 0.410 e. The average molecular weight is 227 g/mol. The van der Waals surface area contributed by atoms with Gasteiger partial charge in [-0.15, -0.1) is 0 Å². The van der Waals surface area contributed by atoms with Crippen LogP contribution in [0, 0.1) is 5.41 Å². The maximum atomic E-state index is 11.8. The predicted octanol–water partition coefficient (Wildman–Crippen LogP) is 1.71. The topological polar surface area (TPSA) is 79.4 Å². The first kappa shape index (κ1) is 12.8. The number of amides is 1. The van der Waals surface area contributed by atoms with Crippen LogP contribution < -0.4 is 5.73 Å². The van der Waals surface area contributed by atoms with Gasteiger partial charge in [-0.3, -0.25) is 10.3 Å². The molecule has 16 heavy (non-hydrogen) atoms. The summed E-state index contributed by atoms with van der Waals surface area (Å²) in [6, 6.07) is 0.190. The van der Waals surface area contributed by atoms with Crippen LogP contribution >= 0.6 is 0 Å². The Balaban J connectivity index is 2.61. The van der Waals surface area contributed by atoms with Crippen LogP contribution in [0.4, 0.5) is 4.79 Å². The van der Waals surface area contributed by atoms with Crippen LogP contribution in [0.25, 0.3) is 0 Å². The van der Waals surface area contributed by atoms with Crippen LogP contribution in [0.1, 0.15) is 39.5 Å². The van der Waals surface area contributed by atoms with Gasteiger partial charge in [0.1, 0.15) is 5.84 Å². The molecule has 5 heteroatoms. The van der Waals surface area contributed by atoms with Crippen LogP contribution in [0.15, 0.2) is 0 Å². The number of hydrogen-bond acceptors (Lipinski definition) is 3. The lowest BCUT2D eigenvalue weighted by atomic mass is 10.2. The molecule has 1 fully saturated rings. The van der Waals surface area contributed by atoms with Gasteiger partial charge in [0, 0.05) is 6.04 Å².